The van der Waals surface area contributed by atoms with E-state index < -0.39 is 32.7 Å². The number of carbonyl (C=O) groups excluding carboxylic acids is 1. The summed E-state index contributed by atoms with van der Waals surface area (Å²) in [7, 11) is -3.78. The van der Waals surface area contributed by atoms with Crippen molar-refractivity contribution in [1.82, 2.24) is 4.72 Å². The maximum Gasteiger partial charge on any atom is 0.417 e. The minimum Gasteiger partial charge on any atom is -0.457 e. The number of halogens is 5. The fraction of sp³-hybridized carbons (Fsp3) is 0.133. The van der Waals surface area contributed by atoms with Gasteiger partial charge < -0.3 is 4.74 Å². The summed E-state index contributed by atoms with van der Waals surface area (Å²) in [5, 5.41) is -0.621. The number of sulfonamides is 1. The molecule has 0 aliphatic rings. The maximum atomic E-state index is 12.9. The fourth-order valence-corrected chi connectivity index (χ4v) is 2.82. The van der Waals surface area contributed by atoms with E-state index in [-0.39, 0.29) is 22.1 Å². The molecular formula is C15H10Cl2F3NO4S. The molecule has 5 nitrogen and oxygen atoms in total. The molecule has 0 spiro atoms. The van der Waals surface area contributed by atoms with Gasteiger partial charge in [0.2, 0.25) is 10.0 Å². The average Bonchev–Trinajstić information content (AvgIpc) is 2.46. The summed E-state index contributed by atoms with van der Waals surface area (Å²) >= 11 is 11.4. The molecule has 0 saturated heterocycles. The van der Waals surface area contributed by atoms with Crippen LogP contribution in [0.15, 0.2) is 36.4 Å². The summed E-state index contributed by atoms with van der Waals surface area (Å²) in [5.41, 5.74) is -1.21. The summed E-state index contributed by atoms with van der Waals surface area (Å²) in [6.07, 6.45) is -3.85. The van der Waals surface area contributed by atoms with Crippen LogP contribution in [0.1, 0.15) is 15.9 Å². The number of carbonyl (C=O) groups is 1. The van der Waals surface area contributed by atoms with Crippen LogP contribution in [0.5, 0.6) is 11.5 Å². The Labute approximate surface area is 156 Å². The molecule has 140 valence electrons. The molecule has 0 fully saturated rings. The summed E-state index contributed by atoms with van der Waals surface area (Å²) in [5.74, 6) is -1.05. The second-order valence-corrected chi connectivity index (χ2v) is 7.65. The highest BCUT2D eigenvalue weighted by Crippen LogP contribution is 2.38. The van der Waals surface area contributed by atoms with Crippen molar-refractivity contribution in [3.63, 3.8) is 0 Å². The van der Waals surface area contributed by atoms with Gasteiger partial charge in [0.25, 0.3) is 5.91 Å². The molecule has 26 heavy (non-hydrogen) atoms. The molecule has 2 rings (SSSR count). The van der Waals surface area contributed by atoms with E-state index in [0.29, 0.717) is 0 Å². The zero-order valence-corrected chi connectivity index (χ0v) is 15.2. The molecule has 1 N–H and O–H groups in total. The van der Waals surface area contributed by atoms with Crippen LogP contribution in [0.4, 0.5) is 13.2 Å². The van der Waals surface area contributed by atoms with E-state index in [1.165, 1.54) is 24.3 Å². The Morgan fingerprint density at radius 3 is 2.15 bits per heavy atom. The average molecular weight is 428 g/mol. The third kappa shape index (κ3) is 5.26. The van der Waals surface area contributed by atoms with E-state index in [0.717, 1.165) is 18.4 Å². The van der Waals surface area contributed by atoms with Crippen molar-refractivity contribution in [3.8, 4) is 11.5 Å². The van der Waals surface area contributed by atoms with Crippen LogP contribution in [-0.2, 0) is 16.2 Å². The van der Waals surface area contributed by atoms with Crippen LogP contribution in [0, 0.1) is 0 Å². The Morgan fingerprint density at radius 1 is 1.04 bits per heavy atom. The normalized spacial score (nSPS) is 11.9. The SMILES string of the molecule is CS(=O)(=O)NC(=O)c1ccc(Oc2ccc(Cl)c(C(F)(F)F)c2)cc1Cl. The minimum atomic E-state index is -4.65. The van der Waals surface area contributed by atoms with E-state index in [2.05, 4.69) is 0 Å². The Bertz CT molecular complexity index is 962. The molecule has 0 saturated carbocycles. The first kappa shape index (κ1) is 20.3. The quantitative estimate of drug-likeness (QED) is 0.779. The molecule has 2 aromatic carbocycles. The lowest BCUT2D eigenvalue weighted by molar-refractivity contribution is -0.137. The van der Waals surface area contributed by atoms with E-state index in [9.17, 15) is 26.4 Å². The molecule has 0 aliphatic heterocycles. The van der Waals surface area contributed by atoms with Gasteiger partial charge in [-0.3, -0.25) is 4.79 Å². The van der Waals surface area contributed by atoms with E-state index in [1.807, 2.05) is 0 Å². The van der Waals surface area contributed by atoms with Gasteiger partial charge in [0, 0.05) is 6.07 Å². The first-order valence-electron chi connectivity index (χ1n) is 6.73. The predicted octanol–water partition coefficient (Wildman–Crippen LogP) is 4.49. The van der Waals surface area contributed by atoms with Gasteiger partial charge in [0.15, 0.2) is 0 Å². The van der Waals surface area contributed by atoms with Crippen molar-refractivity contribution < 1.29 is 31.1 Å². The molecule has 0 radical (unpaired) electrons. The summed E-state index contributed by atoms with van der Waals surface area (Å²) < 4.78 is 67.7. The Hall–Kier alpha value is -1.97. The smallest absolute Gasteiger partial charge is 0.417 e. The number of ether oxygens (including phenoxy) is 1. The van der Waals surface area contributed by atoms with Crippen molar-refractivity contribution in [1.29, 1.82) is 0 Å². The maximum absolute atomic E-state index is 12.9. The number of amides is 1. The van der Waals surface area contributed by atoms with Gasteiger partial charge in [0.05, 0.1) is 27.4 Å². The zero-order valence-electron chi connectivity index (χ0n) is 12.9. The fourth-order valence-electron chi connectivity index (χ4n) is 1.89. The minimum absolute atomic E-state index is 0.0429. The van der Waals surface area contributed by atoms with Gasteiger partial charge >= 0.3 is 6.18 Å². The molecule has 0 heterocycles. The molecule has 0 aromatic heterocycles. The van der Waals surface area contributed by atoms with Gasteiger partial charge in [0.1, 0.15) is 11.5 Å². The van der Waals surface area contributed by atoms with Crippen molar-refractivity contribution >= 4 is 39.1 Å². The van der Waals surface area contributed by atoms with Gasteiger partial charge in [-0.1, -0.05) is 23.2 Å². The monoisotopic (exact) mass is 427 g/mol. The number of rotatable bonds is 4. The van der Waals surface area contributed by atoms with Crippen LogP contribution < -0.4 is 9.46 Å². The van der Waals surface area contributed by atoms with Gasteiger partial charge in [-0.15, -0.1) is 0 Å². The van der Waals surface area contributed by atoms with Crippen molar-refractivity contribution in [3.05, 3.63) is 57.6 Å². The van der Waals surface area contributed by atoms with E-state index in [1.54, 1.807) is 4.72 Å². The van der Waals surface area contributed by atoms with Crippen molar-refractivity contribution in [2.24, 2.45) is 0 Å². The number of alkyl halides is 3. The number of hydrogen-bond acceptors (Lipinski definition) is 4. The second kappa shape index (κ2) is 7.34. The van der Waals surface area contributed by atoms with Crippen molar-refractivity contribution in [2.45, 2.75) is 6.18 Å². The lowest BCUT2D eigenvalue weighted by Gasteiger charge is -2.12. The topological polar surface area (TPSA) is 72.5 Å². The largest absolute Gasteiger partial charge is 0.457 e. The van der Waals surface area contributed by atoms with E-state index >= 15 is 0 Å². The molecule has 0 atom stereocenters. The lowest BCUT2D eigenvalue weighted by Crippen LogP contribution is -2.29. The van der Waals surface area contributed by atoms with Crippen LogP contribution in [0.3, 0.4) is 0 Å². The van der Waals surface area contributed by atoms with Crippen LogP contribution in [0.25, 0.3) is 0 Å². The van der Waals surface area contributed by atoms with Crippen LogP contribution >= 0.6 is 23.2 Å². The highest BCUT2D eigenvalue weighted by molar-refractivity contribution is 7.89. The Kier molecular flexibility index (Phi) is 5.74. The van der Waals surface area contributed by atoms with Crippen LogP contribution in [-0.4, -0.2) is 20.6 Å². The molecular weight excluding hydrogens is 418 g/mol. The molecule has 0 aliphatic carbocycles. The highest BCUT2D eigenvalue weighted by Gasteiger charge is 2.33. The Balaban J connectivity index is 2.27. The van der Waals surface area contributed by atoms with E-state index in [4.69, 9.17) is 27.9 Å². The zero-order chi connectivity index (χ0) is 19.7. The number of hydrogen-bond donors (Lipinski definition) is 1. The molecule has 2 aromatic rings. The predicted molar refractivity (Wildman–Crippen MR) is 90.3 cm³/mol. The van der Waals surface area contributed by atoms with Gasteiger partial charge in [-0.25, -0.2) is 13.1 Å². The second-order valence-electron chi connectivity index (χ2n) is 5.09. The number of benzene rings is 2. The lowest BCUT2D eigenvalue weighted by atomic mass is 10.2. The summed E-state index contributed by atoms with van der Waals surface area (Å²) in [6, 6.07) is 6.59. The third-order valence-electron chi connectivity index (χ3n) is 2.94. The summed E-state index contributed by atoms with van der Waals surface area (Å²) in [4.78, 5) is 11.8. The standard InChI is InChI=1S/C15H10Cl2F3NO4S/c1-26(23,24)21-14(22)10-4-2-9(7-13(10)17)25-8-3-5-12(16)11(6-8)15(18,19)20/h2-7H,1H3,(H,21,22). The molecule has 11 heteroatoms. The first-order valence-corrected chi connectivity index (χ1v) is 9.38. The van der Waals surface area contributed by atoms with Crippen molar-refractivity contribution in [2.75, 3.05) is 6.26 Å². The number of nitrogens with one attached hydrogen (secondary N) is 1. The summed E-state index contributed by atoms with van der Waals surface area (Å²) in [6.45, 7) is 0. The van der Waals surface area contributed by atoms with Gasteiger partial charge in [-0.2, -0.15) is 13.2 Å². The first-order chi connectivity index (χ1) is 11.9. The van der Waals surface area contributed by atoms with Crippen LogP contribution in [0.2, 0.25) is 10.0 Å². The Morgan fingerprint density at radius 2 is 1.62 bits per heavy atom. The molecule has 0 unspecified atom stereocenters. The molecule has 0 bridgehead atoms. The third-order valence-corrected chi connectivity index (χ3v) is 4.14. The highest BCUT2D eigenvalue weighted by atomic mass is 35.5. The molecule has 1 amide bonds. The van der Waals surface area contributed by atoms with Gasteiger partial charge in [-0.05, 0) is 30.3 Å².